The fourth-order valence-corrected chi connectivity index (χ4v) is 3.92. The molecule has 3 aromatic rings. The number of H-pyrrole nitrogens is 1. The molecule has 2 aromatic heterocycles. The summed E-state index contributed by atoms with van der Waals surface area (Å²) < 4.78 is 18.8. The lowest BCUT2D eigenvalue weighted by Gasteiger charge is -2.23. The number of aliphatic hydroxyl groups is 1. The smallest absolute Gasteiger partial charge is 0.166 e. The summed E-state index contributed by atoms with van der Waals surface area (Å²) in [5, 5.41) is 13.3. The average Bonchev–Trinajstić information content (AvgIpc) is 3.18. The highest BCUT2D eigenvalue weighted by Gasteiger charge is 2.17. The molecule has 29 heavy (non-hydrogen) atoms. The lowest BCUT2D eigenvalue weighted by molar-refractivity contribution is 0.0904. The highest BCUT2D eigenvalue weighted by molar-refractivity contribution is 7.99. The Balaban J connectivity index is 1.66. The maximum atomic E-state index is 13.4. The van der Waals surface area contributed by atoms with Crippen LogP contribution < -0.4 is 5.32 Å². The molecule has 1 aliphatic heterocycles. The molecule has 4 rings (SSSR count). The molecule has 3 heterocycles. The Kier molecular flexibility index (Phi) is 6.43. The van der Waals surface area contributed by atoms with Gasteiger partial charge in [-0.3, -0.25) is 0 Å². The van der Waals surface area contributed by atoms with Crippen LogP contribution in [-0.4, -0.2) is 51.7 Å². The van der Waals surface area contributed by atoms with Gasteiger partial charge in [0.15, 0.2) is 5.16 Å². The van der Waals surface area contributed by atoms with Crippen molar-refractivity contribution in [3.63, 3.8) is 0 Å². The van der Waals surface area contributed by atoms with Crippen molar-refractivity contribution >= 4 is 17.6 Å². The Labute approximate surface area is 172 Å². The van der Waals surface area contributed by atoms with Gasteiger partial charge >= 0.3 is 0 Å². The van der Waals surface area contributed by atoms with E-state index in [1.54, 1.807) is 18.3 Å². The number of aromatic nitrogens is 3. The topological polar surface area (TPSA) is 83.1 Å². The van der Waals surface area contributed by atoms with E-state index in [1.807, 2.05) is 12.1 Å². The zero-order chi connectivity index (χ0) is 20.1. The van der Waals surface area contributed by atoms with Crippen molar-refractivity contribution in [2.75, 3.05) is 30.9 Å². The van der Waals surface area contributed by atoms with Gasteiger partial charge < -0.3 is 20.1 Å². The van der Waals surface area contributed by atoms with E-state index >= 15 is 0 Å². The predicted octanol–water partition coefficient (Wildman–Crippen LogP) is 3.95. The number of anilines is 1. The number of pyridine rings is 1. The van der Waals surface area contributed by atoms with Crippen molar-refractivity contribution in [2.45, 2.75) is 24.0 Å². The van der Waals surface area contributed by atoms with Crippen molar-refractivity contribution in [2.24, 2.45) is 0 Å². The molecule has 1 aliphatic rings. The minimum atomic E-state index is -0.285. The summed E-state index contributed by atoms with van der Waals surface area (Å²) in [4.78, 5) is 12.5. The minimum absolute atomic E-state index is 0.0704. The lowest BCUT2D eigenvalue weighted by Crippen LogP contribution is -2.28. The van der Waals surface area contributed by atoms with Gasteiger partial charge in [0.25, 0.3) is 0 Å². The van der Waals surface area contributed by atoms with Crippen molar-refractivity contribution in [3.05, 3.63) is 48.4 Å². The van der Waals surface area contributed by atoms with Crippen LogP contribution in [0.5, 0.6) is 0 Å². The van der Waals surface area contributed by atoms with Gasteiger partial charge in [0.1, 0.15) is 11.6 Å². The number of benzene rings is 1. The molecule has 0 bridgehead atoms. The molecule has 6 nitrogen and oxygen atoms in total. The normalized spacial score (nSPS) is 14.8. The second kappa shape index (κ2) is 9.39. The molecule has 0 saturated carbocycles. The number of halogens is 1. The summed E-state index contributed by atoms with van der Waals surface area (Å²) in [7, 11) is 0. The standard InChI is InChI=1S/C21H23FN4O2S/c22-16-3-1-14(2-4-16)19-20(26-21(25-19)29-12-9-27)15-5-8-23-18(13-15)24-17-6-10-28-11-7-17/h1-5,8,13,17,27H,6-7,9-12H2,(H,23,24)(H,25,26). The number of hydrogen-bond acceptors (Lipinski definition) is 6. The van der Waals surface area contributed by atoms with E-state index in [4.69, 9.17) is 9.84 Å². The quantitative estimate of drug-likeness (QED) is 0.508. The summed E-state index contributed by atoms with van der Waals surface area (Å²) in [6.45, 7) is 1.59. The summed E-state index contributed by atoms with van der Waals surface area (Å²) in [5.41, 5.74) is 3.35. The number of rotatable bonds is 7. The second-order valence-electron chi connectivity index (χ2n) is 6.81. The van der Waals surface area contributed by atoms with Crippen LogP contribution in [0.15, 0.2) is 47.8 Å². The molecule has 0 aliphatic carbocycles. The molecule has 1 aromatic carbocycles. The van der Waals surface area contributed by atoms with Gasteiger partial charge in [0.05, 0.1) is 18.0 Å². The van der Waals surface area contributed by atoms with Crippen LogP contribution in [0.1, 0.15) is 12.8 Å². The molecule has 1 saturated heterocycles. The first-order chi connectivity index (χ1) is 14.2. The van der Waals surface area contributed by atoms with E-state index in [2.05, 4.69) is 20.3 Å². The third-order valence-corrected chi connectivity index (χ3v) is 5.61. The van der Waals surface area contributed by atoms with Crippen molar-refractivity contribution in [1.29, 1.82) is 0 Å². The number of aliphatic hydroxyl groups excluding tert-OH is 1. The molecule has 3 N–H and O–H groups in total. The number of ether oxygens (including phenoxy) is 1. The van der Waals surface area contributed by atoms with Crippen molar-refractivity contribution in [3.8, 4) is 22.5 Å². The first-order valence-corrected chi connectivity index (χ1v) is 10.6. The first kappa shape index (κ1) is 19.9. The molecule has 0 radical (unpaired) electrons. The minimum Gasteiger partial charge on any atom is -0.396 e. The number of aromatic amines is 1. The third kappa shape index (κ3) is 4.95. The van der Waals surface area contributed by atoms with Gasteiger partial charge in [0, 0.05) is 42.3 Å². The number of hydrogen-bond donors (Lipinski definition) is 3. The van der Waals surface area contributed by atoms with Gasteiger partial charge in [-0.25, -0.2) is 14.4 Å². The Morgan fingerprint density at radius 1 is 1.17 bits per heavy atom. The zero-order valence-electron chi connectivity index (χ0n) is 15.9. The van der Waals surface area contributed by atoms with E-state index in [0.717, 1.165) is 54.4 Å². The van der Waals surface area contributed by atoms with Crippen LogP contribution in [-0.2, 0) is 4.74 Å². The molecule has 1 fully saturated rings. The maximum Gasteiger partial charge on any atom is 0.166 e. The largest absolute Gasteiger partial charge is 0.396 e. The number of thioether (sulfide) groups is 1. The average molecular weight is 415 g/mol. The van der Waals surface area contributed by atoms with E-state index in [0.29, 0.717) is 17.0 Å². The monoisotopic (exact) mass is 414 g/mol. The van der Waals surface area contributed by atoms with Gasteiger partial charge in [0.2, 0.25) is 0 Å². The highest BCUT2D eigenvalue weighted by Crippen LogP contribution is 2.33. The fraction of sp³-hybridized carbons (Fsp3) is 0.333. The molecule has 0 spiro atoms. The number of imidazole rings is 1. The number of nitrogens with one attached hydrogen (secondary N) is 2. The molecule has 0 unspecified atom stereocenters. The number of nitrogens with zero attached hydrogens (tertiary/aromatic N) is 2. The predicted molar refractivity (Wildman–Crippen MR) is 112 cm³/mol. The van der Waals surface area contributed by atoms with Gasteiger partial charge in [-0.05, 0) is 49.2 Å². The molecular formula is C21H23FN4O2S. The van der Waals surface area contributed by atoms with Crippen molar-refractivity contribution in [1.82, 2.24) is 15.0 Å². The van der Waals surface area contributed by atoms with E-state index < -0.39 is 0 Å². The van der Waals surface area contributed by atoms with Crippen LogP contribution in [0.25, 0.3) is 22.5 Å². The molecule has 0 amide bonds. The molecule has 152 valence electrons. The van der Waals surface area contributed by atoms with Crippen LogP contribution in [0, 0.1) is 5.82 Å². The van der Waals surface area contributed by atoms with E-state index in [9.17, 15) is 4.39 Å². The summed E-state index contributed by atoms with van der Waals surface area (Å²) in [5.74, 6) is 1.06. The van der Waals surface area contributed by atoms with Gasteiger partial charge in [-0.15, -0.1) is 0 Å². The second-order valence-corrected chi connectivity index (χ2v) is 7.89. The van der Waals surface area contributed by atoms with Crippen LogP contribution in [0.2, 0.25) is 0 Å². The van der Waals surface area contributed by atoms with Crippen molar-refractivity contribution < 1.29 is 14.2 Å². The molecule has 8 heteroatoms. The molecular weight excluding hydrogens is 391 g/mol. The summed E-state index contributed by atoms with van der Waals surface area (Å²) in [6.07, 6.45) is 3.68. The van der Waals surface area contributed by atoms with Crippen LogP contribution >= 0.6 is 11.8 Å². The lowest BCUT2D eigenvalue weighted by atomic mass is 10.1. The Hall–Kier alpha value is -2.42. The third-order valence-electron chi connectivity index (χ3n) is 4.75. The van der Waals surface area contributed by atoms with Gasteiger partial charge in [-0.1, -0.05) is 11.8 Å². The van der Waals surface area contributed by atoms with Crippen LogP contribution in [0.4, 0.5) is 10.2 Å². The Bertz CT molecular complexity index is 942. The first-order valence-electron chi connectivity index (χ1n) is 9.63. The van der Waals surface area contributed by atoms with Gasteiger partial charge in [-0.2, -0.15) is 0 Å². The zero-order valence-corrected chi connectivity index (χ0v) is 16.7. The van der Waals surface area contributed by atoms with E-state index in [-0.39, 0.29) is 12.4 Å². The van der Waals surface area contributed by atoms with E-state index in [1.165, 1.54) is 23.9 Å². The molecule has 0 atom stereocenters. The maximum absolute atomic E-state index is 13.4. The Morgan fingerprint density at radius 2 is 1.97 bits per heavy atom. The summed E-state index contributed by atoms with van der Waals surface area (Å²) >= 11 is 1.44. The summed E-state index contributed by atoms with van der Waals surface area (Å²) in [6, 6.07) is 10.6. The fourth-order valence-electron chi connectivity index (χ4n) is 3.30. The Morgan fingerprint density at radius 3 is 2.72 bits per heavy atom. The highest BCUT2D eigenvalue weighted by atomic mass is 32.2. The SMILES string of the molecule is OCCSc1nc(-c2ccc(F)cc2)c(-c2ccnc(NC3CCOCC3)c2)[nH]1. The van der Waals surface area contributed by atoms with Crippen LogP contribution in [0.3, 0.4) is 0 Å².